The van der Waals surface area contributed by atoms with Crippen LogP contribution in [0, 0.1) is 6.92 Å². The van der Waals surface area contributed by atoms with Crippen molar-refractivity contribution in [2.75, 3.05) is 17.1 Å². The minimum Gasteiger partial charge on any atom is -0.352 e. The van der Waals surface area contributed by atoms with E-state index in [2.05, 4.69) is 5.32 Å². The summed E-state index contributed by atoms with van der Waals surface area (Å²) in [5.74, 6) is -1.23. The summed E-state index contributed by atoms with van der Waals surface area (Å²) < 4.78 is 65.7. The molecule has 0 aromatic heterocycles. The highest BCUT2D eigenvalue weighted by Gasteiger charge is 2.34. The van der Waals surface area contributed by atoms with Crippen LogP contribution in [0.25, 0.3) is 0 Å². The second-order valence-corrected chi connectivity index (χ2v) is 11.2. The number of halogens is 4. The van der Waals surface area contributed by atoms with Crippen LogP contribution in [0.3, 0.4) is 0 Å². The lowest BCUT2D eigenvalue weighted by Crippen LogP contribution is -2.52. The van der Waals surface area contributed by atoms with Gasteiger partial charge in [-0.2, -0.15) is 13.2 Å². The predicted octanol–water partition coefficient (Wildman–Crippen LogP) is 4.77. The minimum atomic E-state index is -4.76. The van der Waals surface area contributed by atoms with Crippen LogP contribution in [-0.2, 0) is 32.3 Å². The van der Waals surface area contributed by atoms with Crippen molar-refractivity contribution in [3.8, 4) is 0 Å². The molecule has 0 saturated carbocycles. The Balaban J connectivity index is 2.49. The average Bonchev–Trinajstić information content (AvgIpc) is 2.80. The molecule has 0 aliphatic carbocycles. The first-order valence-electron chi connectivity index (χ1n) is 11.5. The third kappa shape index (κ3) is 8.36. The highest BCUT2D eigenvalue weighted by Crippen LogP contribution is 2.36. The molecule has 0 radical (unpaired) electrons. The van der Waals surface area contributed by atoms with Crippen molar-refractivity contribution in [1.82, 2.24) is 10.2 Å². The molecule has 204 valence electrons. The number of hydrogen-bond acceptors (Lipinski definition) is 4. The number of carbonyl (C=O) groups is 2. The number of benzene rings is 2. The third-order valence-corrected chi connectivity index (χ3v) is 7.31. The second kappa shape index (κ2) is 12.2. The van der Waals surface area contributed by atoms with Crippen LogP contribution in [0.4, 0.5) is 18.9 Å². The first-order chi connectivity index (χ1) is 17.0. The molecule has 2 rings (SSSR count). The molecule has 0 aliphatic heterocycles. The van der Waals surface area contributed by atoms with Gasteiger partial charge in [0.15, 0.2) is 0 Å². The smallest absolute Gasteiger partial charge is 0.352 e. The van der Waals surface area contributed by atoms with Crippen LogP contribution >= 0.6 is 11.6 Å². The number of sulfonamides is 1. The summed E-state index contributed by atoms with van der Waals surface area (Å²) >= 11 is 6.08. The van der Waals surface area contributed by atoms with Gasteiger partial charge in [-0.3, -0.25) is 13.9 Å². The van der Waals surface area contributed by atoms with Crippen molar-refractivity contribution in [3.63, 3.8) is 0 Å². The first-order valence-corrected chi connectivity index (χ1v) is 13.8. The van der Waals surface area contributed by atoms with Crippen molar-refractivity contribution in [2.45, 2.75) is 58.9 Å². The van der Waals surface area contributed by atoms with Crippen molar-refractivity contribution >= 4 is 39.1 Å². The molecule has 0 unspecified atom stereocenters. The number of nitrogens with zero attached hydrogens (tertiary/aromatic N) is 2. The van der Waals surface area contributed by atoms with Gasteiger partial charge in [0.1, 0.15) is 12.6 Å². The number of carbonyl (C=O) groups excluding carboxylic acids is 2. The Morgan fingerprint density at radius 3 is 2.19 bits per heavy atom. The molecular weight excluding hydrogens is 531 g/mol. The molecule has 7 nitrogen and oxygen atoms in total. The van der Waals surface area contributed by atoms with Crippen LogP contribution in [0.15, 0.2) is 42.5 Å². The maximum atomic E-state index is 13.5. The summed E-state index contributed by atoms with van der Waals surface area (Å²) in [6, 6.07) is 8.26. The van der Waals surface area contributed by atoms with E-state index in [1.807, 2.05) is 26.0 Å². The maximum absolute atomic E-state index is 13.5. The molecule has 12 heteroatoms. The summed E-state index contributed by atoms with van der Waals surface area (Å²) in [6.07, 6.45) is -3.34. The highest BCUT2D eigenvalue weighted by atomic mass is 35.5. The fourth-order valence-electron chi connectivity index (χ4n) is 3.41. The van der Waals surface area contributed by atoms with E-state index in [-0.39, 0.29) is 17.6 Å². The Kier molecular flexibility index (Phi) is 10.0. The molecule has 2 aromatic carbocycles. The topological polar surface area (TPSA) is 86.8 Å². The number of rotatable bonds is 10. The molecule has 1 N–H and O–H groups in total. The monoisotopic (exact) mass is 561 g/mol. The quantitative estimate of drug-likeness (QED) is 0.453. The van der Waals surface area contributed by atoms with Gasteiger partial charge in [0.2, 0.25) is 21.8 Å². The molecule has 0 spiro atoms. The lowest BCUT2D eigenvalue weighted by atomic mass is 10.1. The molecule has 0 bridgehead atoms. The van der Waals surface area contributed by atoms with E-state index in [9.17, 15) is 31.2 Å². The van der Waals surface area contributed by atoms with Gasteiger partial charge in [0.05, 0.1) is 22.5 Å². The average molecular weight is 562 g/mol. The van der Waals surface area contributed by atoms with Gasteiger partial charge < -0.3 is 10.2 Å². The molecular formula is C25H31ClF3N3O4S. The van der Waals surface area contributed by atoms with Crippen LogP contribution in [0.5, 0.6) is 0 Å². The van der Waals surface area contributed by atoms with Gasteiger partial charge in [-0.15, -0.1) is 0 Å². The van der Waals surface area contributed by atoms with E-state index in [0.717, 1.165) is 24.0 Å². The summed E-state index contributed by atoms with van der Waals surface area (Å²) in [5.41, 5.74) is 0.0573. The Morgan fingerprint density at radius 1 is 1.08 bits per heavy atom. The predicted molar refractivity (Wildman–Crippen MR) is 138 cm³/mol. The highest BCUT2D eigenvalue weighted by molar-refractivity contribution is 7.92. The molecule has 2 amide bonds. The maximum Gasteiger partial charge on any atom is 0.416 e. The number of alkyl halides is 3. The molecule has 2 atom stereocenters. The lowest BCUT2D eigenvalue weighted by Gasteiger charge is -2.32. The van der Waals surface area contributed by atoms with E-state index in [0.29, 0.717) is 22.4 Å². The second-order valence-electron chi connectivity index (χ2n) is 8.93. The molecule has 0 saturated heterocycles. The molecule has 37 heavy (non-hydrogen) atoms. The van der Waals surface area contributed by atoms with Gasteiger partial charge in [-0.1, -0.05) is 48.4 Å². The number of amides is 2. The van der Waals surface area contributed by atoms with Crippen molar-refractivity contribution < 1.29 is 31.2 Å². The van der Waals surface area contributed by atoms with Crippen molar-refractivity contribution in [2.24, 2.45) is 0 Å². The Morgan fingerprint density at radius 2 is 1.68 bits per heavy atom. The molecule has 0 heterocycles. The van der Waals surface area contributed by atoms with E-state index < -0.39 is 51.9 Å². The van der Waals surface area contributed by atoms with Crippen molar-refractivity contribution in [3.05, 3.63) is 64.2 Å². The lowest BCUT2D eigenvalue weighted by molar-refractivity contribution is -0.139. The first kappa shape index (κ1) is 30.4. The minimum absolute atomic E-state index is 0.0257. The van der Waals surface area contributed by atoms with Gasteiger partial charge in [0, 0.05) is 12.6 Å². The van der Waals surface area contributed by atoms with E-state index in [1.54, 1.807) is 19.1 Å². The zero-order valence-electron chi connectivity index (χ0n) is 21.3. The van der Waals surface area contributed by atoms with E-state index >= 15 is 0 Å². The summed E-state index contributed by atoms with van der Waals surface area (Å²) in [4.78, 5) is 27.6. The standard InChI is InChI=1S/C25H31ClF3N3O4S/c1-6-17(3)30-24(34)18(4)31(14-19-9-7-16(2)8-10-19)23(33)15-32(37(5,35)36)22-13-20(25(27,28)29)11-12-21(22)26/h7-13,17-18H,6,14-15H2,1-5H3,(H,30,34)/t17-,18+/m1/s1. The number of anilines is 1. The van der Waals surface area contributed by atoms with Crippen molar-refractivity contribution in [1.29, 1.82) is 0 Å². The zero-order valence-corrected chi connectivity index (χ0v) is 22.8. The van der Waals surface area contributed by atoms with Crippen LogP contribution in [-0.4, -0.2) is 50.0 Å². The summed E-state index contributed by atoms with van der Waals surface area (Å²) in [7, 11) is -4.25. The van der Waals surface area contributed by atoms with Gasteiger partial charge in [0.25, 0.3) is 0 Å². The Bertz CT molecular complexity index is 1220. The Labute approximate surface area is 220 Å². The number of aryl methyl sites for hydroxylation is 1. The summed E-state index contributed by atoms with van der Waals surface area (Å²) in [5, 5.41) is 2.52. The van der Waals surface area contributed by atoms with Crippen LogP contribution in [0.1, 0.15) is 43.9 Å². The molecule has 2 aromatic rings. The van der Waals surface area contributed by atoms with E-state index in [4.69, 9.17) is 11.6 Å². The van der Waals surface area contributed by atoms with Gasteiger partial charge >= 0.3 is 6.18 Å². The van der Waals surface area contributed by atoms with Crippen LogP contribution in [0.2, 0.25) is 5.02 Å². The fourth-order valence-corrected chi connectivity index (χ4v) is 4.54. The Hall–Kier alpha value is -2.79. The molecule has 0 aliphatic rings. The number of nitrogens with one attached hydrogen (secondary N) is 1. The summed E-state index contributed by atoms with van der Waals surface area (Å²) in [6.45, 7) is 6.20. The normalized spacial score (nSPS) is 13.5. The number of hydrogen-bond donors (Lipinski definition) is 1. The van der Waals surface area contributed by atoms with E-state index in [1.165, 1.54) is 11.8 Å². The van der Waals surface area contributed by atoms with Gasteiger partial charge in [-0.25, -0.2) is 8.42 Å². The zero-order chi connectivity index (χ0) is 28.1. The van der Waals surface area contributed by atoms with Gasteiger partial charge in [-0.05, 0) is 51.0 Å². The van der Waals surface area contributed by atoms with Crippen LogP contribution < -0.4 is 9.62 Å². The fraction of sp³-hybridized carbons (Fsp3) is 0.440. The third-order valence-electron chi connectivity index (χ3n) is 5.86. The largest absolute Gasteiger partial charge is 0.416 e. The molecule has 0 fully saturated rings. The SMILES string of the molecule is CC[C@@H](C)NC(=O)[C@H](C)N(Cc1ccc(C)cc1)C(=O)CN(c1cc(C(F)(F)F)ccc1Cl)S(C)(=O)=O.